The first kappa shape index (κ1) is 27.7. The first-order valence-electron chi connectivity index (χ1n) is 13.9. The average Bonchev–Trinajstić information content (AvgIpc) is 3.20. The van der Waals surface area contributed by atoms with Crippen LogP contribution in [0.4, 0.5) is 0 Å². The molecule has 0 radical (unpaired) electrons. The molecule has 1 aromatic rings. The Morgan fingerprint density at radius 2 is 2.03 bits per heavy atom. The van der Waals surface area contributed by atoms with Gasteiger partial charge in [0.1, 0.15) is 0 Å². The summed E-state index contributed by atoms with van der Waals surface area (Å²) in [5, 5.41) is 30.4. The van der Waals surface area contributed by atoms with Gasteiger partial charge in [-0.2, -0.15) is 0 Å². The Morgan fingerprint density at radius 3 is 2.75 bits per heavy atom. The number of aliphatic hydroxyl groups is 3. The SMILES string of the molecule is C=C1/C(=C\C=C2/CCC[C@@]3(C)C2CC[C@@H]3[C@@H](C)CSc2cccc(C(C)(C)O)c2)C[C@H](O)C[C@H]1CO. The topological polar surface area (TPSA) is 60.7 Å². The molecule has 6 atom stereocenters. The van der Waals surface area contributed by atoms with Crippen molar-refractivity contribution in [2.45, 2.75) is 89.2 Å². The molecule has 0 spiro atoms. The van der Waals surface area contributed by atoms with Crippen LogP contribution in [0.1, 0.15) is 78.2 Å². The minimum Gasteiger partial charge on any atom is -0.396 e. The molecule has 3 nitrogen and oxygen atoms in total. The highest BCUT2D eigenvalue weighted by Crippen LogP contribution is 2.59. The first-order chi connectivity index (χ1) is 17.0. The summed E-state index contributed by atoms with van der Waals surface area (Å²) >= 11 is 1.93. The lowest BCUT2D eigenvalue weighted by atomic mass is 9.61. The van der Waals surface area contributed by atoms with E-state index in [9.17, 15) is 15.3 Å². The summed E-state index contributed by atoms with van der Waals surface area (Å²) in [6.07, 6.45) is 11.7. The molecule has 0 aromatic heterocycles. The number of fused-ring (bicyclic) bond motifs is 1. The van der Waals surface area contributed by atoms with Crippen LogP contribution in [0.2, 0.25) is 0 Å². The van der Waals surface area contributed by atoms with E-state index in [1.54, 1.807) is 5.57 Å². The Kier molecular flexibility index (Phi) is 8.61. The van der Waals surface area contributed by atoms with Crippen molar-refractivity contribution in [1.82, 2.24) is 0 Å². The van der Waals surface area contributed by atoms with E-state index < -0.39 is 5.60 Å². The van der Waals surface area contributed by atoms with Crippen LogP contribution in [-0.2, 0) is 5.60 Å². The second-order valence-electron chi connectivity index (χ2n) is 12.4. The summed E-state index contributed by atoms with van der Waals surface area (Å²) in [6.45, 7) is 13.0. The van der Waals surface area contributed by atoms with Gasteiger partial charge < -0.3 is 15.3 Å². The number of allylic oxidation sites excluding steroid dienone is 3. The number of benzene rings is 1. The van der Waals surface area contributed by atoms with Crippen LogP contribution in [0, 0.1) is 29.1 Å². The van der Waals surface area contributed by atoms with Gasteiger partial charge in [0.05, 0.1) is 18.3 Å². The summed E-state index contributed by atoms with van der Waals surface area (Å²) in [5.74, 6) is 3.06. The lowest BCUT2D eigenvalue weighted by Gasteiger charge is -2.44. The van der Waals surface area contributed by atoms with E-state index in [4.69, 9.17) is 0 Å². The summed E-state index contributed by atoms with van der Waals surface area (Å²) in [6, 6.07) is 8.37. The van der Waals surface area contributed by atoms with Gasteiger partial charge in [-0.3, -0.25) is 0 Å². The Labute approximate surface area is 222 Å². The van der Waals surface area contributed by atoms with E-state index in [-0.39, 0.29) is 18.6 Å². The quantitative estimate of drug-likeness (QED) is 0.345. The monoisotopic (exact) mass is 510 g/mol. The number of hydrogen-bond acceptors (Lipinski definition) is 4. The van der Waals surface area contributed by atoms with Gasteiger partial charge in [0.2, 0.25) is 0 Å². The minimum atomic E-state index is -0.810. The molecular formula is C32H46O3S. The maximum Gasteiger partial charge on any atom is 0.0840 e. The highest BCUT2D eigenvalue weighted by Gasteiger charge is 2.50. The predicted molar refractivity (Wildman–Crippen MR) is 151 cm³/mol. The van der Waals surface area contributed by atoms with E-state index in [0.29, 0.717) is 36.0 Å². The molecule has 4 heteroatoms. The van der Waals surface area contributed by atoms with Gasteiger partial charge >= 0.3 is 0 Å². The van der Waals surface area contributed by atoms with Crippen LogP contribution in [0.25, 0.3) is 0 Å². The lowest BCUT2D eigenvalue weighted by molar-refractivity contribution is 0.0784. The number of rotatable bonds is 7. The van der Waals surface area contributed by atoms with Crippen molar-refractivity contribution >= 4 is 11.8 Å². The fourth-order valence-electron chi connectivity index (χ4n) is 7.29. The van der Waals surface area contributed by atoms with Crippen LogP contribution < -0.4 is 0 Å². The van der Waals surface area contributed by atoms with Gasteiger partial charge in [0.25, 0.3) is 0 Å². The molecule has 36 heavy (non-hydrogen) atoms. The summed E-state index contributed by atoms with van der Waals surface area (Å²) in [7, 11) is 0. The summed E-state index contributed by atoms with van der Waals surface area (Å²) in [5.41, 5.74) is 4.19. The van der Waals surface area contributed by atoms with E-state index >= 15 is 0 Å². The van der Waals surface area contributed by atoms with E-state index in [2.05, 4.69) is 50.8 Å². The first-order valence-corrected chi connectivity index (χ1v) is 14.8. The largest absolute Gasteiger partial charge is 0.396 e. The molecule has 1 aromatic carbocycles. The average molecular weight is 511 g/mol. The van der Waals surface area contributed by atoms with Gasteiger partial charge in [-0.05, 0) is 111 Å². The maximum atomic E-state index is 10.4. The van der Waals surface area contributed by atoms with Gasteiger partial charge in [-0.25, -0.2) is 0 Å². The molecule has 3 aliphatic rings. The van der Waals surface area contributed by atoms with Crippen molar-refractivity contribution in [1.29, 1.82) is 0 Å². The molecule has 3 aliphatic carbocycles. The Morgan fingerprint density at radius 1 is 1.25 bits per heavy atom. The van der Waals surface area contributed by atoms with E-state index in [1.165, 1.54) is 37.0 Å². The maximum absolute atomic E-state index is 10.4. The highest BCUT2D eigenvalue weighted by atomic mass is 32.2. The fraction of sp³-hybridized carbons (Fsp3) is 0.625. The van der Waals surface area contributed by atoms with Crippen LogP contribution in [-0.4, -0.2) is 33.8 Å². The Balaban J connectivity index is 1.45. The zero-order valence-corrected chi connectivity index (χ0v) is 23.5. The fourth-order valence-corrected chi connectivity index (χ4v) is 8.37. The third kappa shape index (κ3) is 5.88. The molecule has 0 saturated heterocycles. The molecule has 3 N–H and O–H groups in total. The molecule has 0 heterocycles. The van der Waals surface area contributed by atoms with Crippen LogP contribution >= 0.6 is 11.8 Å². The Hall–Kier alpha value is -1.33. The van der Waals surface area contributed by atoms with Crippen molar-refractivity contribution in [2.24, 2.45) is 29.1 Å². The summed E-state index contributed by atoms with van der Waals surface area (Å²) in [4.78, 5) is 1.24. The van der Waals surface area contributed by atoms with Crippen molar-refractivity contribution in [2.75, 3.05) is 12.4 Å². The standard InChI is InChI=1S/C32H46O3S/c1-21(20-36-28-10-6-9-26(18-28)31(3,4)35)29-13-14-30-23(8-7-15-32(29,30)5)11-12-24-16-27(34)17-25(19-33)22(24)2/h6,9-12,18,21,25,27,29-30,33-35H,2,7-8,13-17,19-20H2,1,3-5H3/b23-11+,24-12-/t21-,25-,27-,29+,30?,32+/m0/s1. The van der Waals surface area contributed by atoms with Crippen LogP contribution in [0.15, 0.2) is 64.6 Å². The van der Waals surface area contributed by atoms with Crippen molar-refractivity contribution < 1.29 is 15.3 Å². The van der Waals surface area contributed by atoms with Crippen LogP contribution in [0.5, 0.6) is 0 Å². The third-order valence-electron chi connectivity index (χ3n) is 9.41. The molecular weight excluding hydrogens is 464 g/mol. The van der Waals surface area contributed by atoms with E-state index in [0.717, 1.165) is 22.5 Å². The molecule has 3 saturated carbocycles. The Bertz CT molecular complexity index is 1000. The lowest BCUT2D eigenvalue weighted by Crippen LogP contribution is -2.36. The molecule has 0 bridgehead atoms. The van der Waals surface area contributed by atoms with Gasteiger partial charge in [0, 0.05) is 16.6 Å². The van der Waals surface area contributed by atoms with Gasteiger partial charge in [0.15, 0.2) is 0 Å². The van der Waals surface area contributed by atoms with Crippen LogP contribution in [0.3, 0.4) is 0 Å². The molecule has 1 unspecified atom stereocenters. The number of aliphatic hydroxyl groups excluding tert-OH is 2. The number of thioether (sulfide) groups is 1. The van der Waals surface area contributed by atoms with Gasteiger partial charge in [-0.15, -0.1) is 11.8 Å². The van der Waals surface area contributed by atoms with Crippen molar-refractivity contribution in [3.8, 4) is 0 Å². The van der Waals surface area contributed by atoms with Crippen molar-refractivity contribution in [3.05, 3.63) is 65.3 Å². The van der Waals surface area contributed by atoms with Crippen molar-refractivity contribution in [3.63, 3.8) is 0 Å². The minimum absolute atomic E-state index is 0.0200. The molecule has 0 amide bonds. The van der Waals surface area contributed by atoms with Gasteiger partial charge in [-0.1, -0.05) is 50.3 Å². The molecule has 0 aliphatic heterocycles. The molecule has 3 fully saturated rings. The second kappa shape index (κ2) is 11.2. The smallest absolute Gasteiger partial charge is 0.0840 e. The molecule has 198 valence electrons. The highest BCUT2D eigenvalue weighted by molar-refractivity contribution is 7.99. The second-order valence-corrected chi connectivity index (χ2v) is 13.5. The normalized spacial score (nSPS) is 34.2. The third-order valence-corrected chi connectivity index (χ3v) is 10.7. The predicted octanol–water partition coefficient (Wildman–Crippen LogP) is 7.03. The summed E-state index contributed by atoms with van der Waals surface area (Å²) < 4.78 is 0. The zero-order valence-electron chi connectivity index (χ0n) is 22.7. The van der Waals surface area contributed by atoms with E-state index in [1.807, 2.05) is 31.7 Å². The number of hydrogen-bond donors (Lipinski definition) is 3. The zero-order chi connectivity index (χ0) is 26.1. The molecule has 4 rings (SSSR count).